The Labute approximate surface area is 159 Å². The van der Waals surface area contributed by atoms with E-state index in [-0.39, 0.29) is 5.91 Å². The van der Waals surface area contributed by atoms with Crippen LogP contribution >= 0.6 is 22.9 Å². The van der Waals surface area contributed by atoms with Crippen molar-refractivity contribution >= 4 is 33.8 Å². The number of rotatable bonds is 4. The molecule has 0 atom stereocenters. The Balaban J connectivity index is 1.57. The highest BCUT2D eigenvalue weighted by molar-refractivity contribution is 7.15. The number of benzene rings is 1. The lowest BCUT2D eigenvalue weighted by molar-refractivity contribution is 0.0945. The van der Waals surface area contributed by atoms with E-state index in [1.807, 2.05) is 59.3 Å². The van der Waals surface area contributed by atoms with Crippen LogP contribution in [0.15, 0.2) is 54.2 Å². The first-order valence-corrected chi connectivity index (χ1v) is 9.29. The number of nitrogens with one attached hydrogen (secondary N) is 1. The van der Waals surface area contributed by atoms with Crippen LogP contribution < -0.4 is 5.32 Å². The van der Waals surface area contributed by atoms with Gasteiger partial charge < -0.3 is 5.32 Å². The zero-order valence-electron chi connectivity index (χ0n) is 13.9. The first-order valence-electron chi connectivity index (χ1n) is 8.03. The number of pyridine rings is 1. The summed E-state index contributed by atoms with van der Waals surface area (Å²) in [5.74, 6) is -0.152. The molecule has 3 aromatic heterocycles. The Bertz CT molecular complexity index is 1080. The van der Waals surface area contributed by atoms with E-state index >= 15 is 0 Å². The Kier molecular flexibility index (Phi) is 4.44. The van der Waals surface area contributed by atoms with Crippen molar-refractivity contribution in [1.82, 2.24) is 19.7 Å². The molecular weight excluding hydrogens is 368 g/mol. The van der Waals surface area contributed by atoms with Crippen LogP contribution in [0.5, 0.6) is 0 Å². The highest BCUT2D eigenvalue weighted by Gasteiger charge is 2.15. The highest BCUT2D eigenvalue weighted by Crippen LogP contribution is 2.25. The number of carbonyl (C=O) groups excluding carboxylic acids is 1. The average Bonchev–Trinajstić information content (AvgIpc) is 3.22. The maximum absolute atomic E-state index is 12.6. The minimum absolute atomic E-state index is 0.152. The molecule has 0 bridgehead atoms. The third-order valence-corrected chi connectivity index (χ3v) is 5.21. The van der Waals surface area contributed by atoms with E-state index in [0.717, 1.165) is 27.5 Å². The average molecular weight is 383 g/mol. The zero-order chi connectivity index (χ0) is 18.1. The molecule has 7 heteroatoms. The molecule has 0 saturated heterocycles. The molecule has 5 nitrogen and oxygen atoms in total. The molecule has 0 spiro atoms. The second-order valence-corrected chi connectivity index (χ2v) is 7.13. The SMILES string of the molecule is Cc1cccnc1CNC(=O)c1csc2nc(-c3ccc(Cl)cc3)cn12. The largest absolute Gasteiger partial charge is 0.345 e. The lowest BCUT2D eigenvalue weighted by Gasteiger charge is -2.06. The maximum atomic E-state index is 12.6. The number of hydrogen-bond acceptors (Lipinski definition) is 4. The number of hydrogen-bond donors (Lipinski definition) is 1. The van der Waals surface area contributed by atoms with Crippen LogP contribution in [-0.4, -0.2) is 20.3 Å². The predicted octanol–water partition coefficient (Wildman–Crippen LogP) is 4.35. The molecule has 0 unspecified atom stereocenters. The van der Waals surface area contributed by atoms with Gasteiger partial charge in [-0.2, -0.15) is 0 Å². The number of thiazole rings is 1. The second-order valence-electron chi connectivity index (χ2n) is 5.86. The number of fused-ring (bicyclic) bond motifs is 1. The zero-order valence-corrected chi connectivity index (χ0v) is 15.5. The lowest BCUT2D eigenvalue weighted by atomic mass is 10.2. The third-order valence-electron chi connectivity index (χ3n) is 4.12. The van der Waals surface area contributed by atoms with Gasteiger partial charge in [-0.15, -0.1) is 11.3 Å². The van der Waals surface area contributed by atoms with Gasteiger partial charge in [0.15, 0.2) is 4.96 Å². The Morgan fingerprint density at radius 1 is 1.27 bits per heavy atom. The number of aryl methyl sites for hydroxylation is 1. The van der Waals surface area contributed by atoms with Gasteiger partial charge in [0.2, 0.25) is 0 Å². The summed E-state index contributed by atoms with van der Waals surface area (Å²) in [5, 5.41) is 5.42. The van der Waals surface area contributed by atoms with Gasteiger partial charge in [-0.1, -0.05) is 29.8 Å². The Morgan fingerprint density at radius 3 is 2.85 bits per heavy atom. The van der Waals surface area contributed by atoms with Crippen molar-refractivity contribution in [2.24, 2.45) is 0 Å². The maximum Gasteiger partial charge on any atom is 0.269 e. The molecule has 0 aliphatic heterocycles. The molecule has 0 aliphatic carbocycles. The fourth-order valence-corrected chi connectivity index (χ4v) is 3.64. The normalized spacial score (nSPS) is 11.0. The van der Waals surface area contributed by atoms with Gasteiger partial charge in [-0.05, 0) is 30.7 Å². The monoisotopic (exact) mass is 382 g/mol. The number of amides is 1. The van der Waals surface area contributed by atoms with Gasteiger partial charge in [-0.25, -0.2) is 4.98 Å². The molecule has 0 aliphatic rings. The molecule has 1 amide bonds. The minimum atomic E-state index is -0.152. The van der Waals surface area contributed by atoms with Crippen molar-refractivity contribution < 1.29 is 4.79 Å². The van der Waals surface area contributed by atoms with E-state index in [9.17, 15) is 4.79 Å². The molecule has 1 aromatic carbocycles. The Hall–Kier alpha value is -2.70. The van der Waals surface area contributed by atoms with Crippen LogP contribution in [0.25, 0.3) is 16.2 Å². The summed E-state index contributed by atoms with van der Waals surface area (Å²) in [6.45, 7) is 2.37. The summed E-state index contributed by atoms with van der Waals surface area (Å²) in [4.78, 5) is 22.3. The van der Waals surface area contributed by atoms with Gasteiger partial charge in [0.1, 0.15) is 5.69 Å². The van der Waals surface area contributed by atoms with Gasteiger partial charge in [0.25, 0.3) is 5.91 Å². The van der Waals surface area contributed by atoms with E-state index in [4.69, 9.17) is 11.6 Å². The van der Waals surface area contributed by atoms with E-state index in [1.54, 1.807) is 6.20 Å². The minimum Gasteiger partial charge on any atom is -0.345 e. The molecule has 130 valence electrons. The van der Waals surface area contributed by atoms with E-state index < -0.39 is 0 Å². The van der Waals surface area contributed by atoms with E-state index in [1.165, 1.54) is 11.3 Å². The molecule has 4 aromatic rings. The van der Waals surface area contributed by atoms with Crippen LogP contribution in [-0.2, 0) is 6.54 Å². The van der Waals surface area contributed by atoms with E-state index in [0.29, 0.717) is 17.3 Å². The topological polar surface area (TPSA) is 59.3 Å². The molecule has 26 heavy (non-hydrogen) atoms. The molecule has 1 N–H and O–H groups in total. The quantitative estimate of drug-likeness (QED) is 0.570. The molecular formula is C19H15ClN4OS. The molecule has 4 rings (SSSR count). The van der Waals surface area contributed by atoms with Crippen molar-refractivity contribution in [3.63, 3.8) is 0 Å². The van der Waals surface area contributed by atoms with Crippen LogP contribution in [0.1, 0.15) is 21.7 Å². The fourth-order valence-electron chi connectivity index (χ4n) is 2.66. The van der Waals surface area contributed by atoms with Crippen molar-refractivity contribution in [1.29, 1.82) is 0 Å². The molecule has 3 heterocycles. The van der Waals surface area contributed by atoms with Crippen LogP contribution in [0.2, 0.25) is 5.02 Å². The highest BCUT2D eigenvalue weighted by atomic mass is 35.5. The van der Waals surface area contributed by atoms with Gasteiger partial charge in [-0.3, -0.25) is 14.2 Å². The summed E-state index contributed by atoms with van der Waals surface area (Å²) < 4.78 is 1.81. The fraction of sp³-hybridized carbons (Fsp3) is 0.105. The summed E-state index contributed by atoms with van der Waals surface area (Å²) >= 11 is 7.37. The van der Waals surface area contributed by atoms with Crippen molar-refractivity contribution in [2.45, 2.75) is 13.5 Å². The summed E-state index contributed by atoms with van der Waals surface area (Å²) in [7, 11) is 0. The van der Waals surface area contributed by atoms with Gasteiger partial charge in [0, 0.05) is 28.4 Å². The first-order chi connectivity index (χ1) is 12.6. The second kappa shape index (κ2) is 6.90. The van der Waals surface area contributed by atoms with Gasteiger partial charge in [0.05, 0.1) is 17.9 Å². The summed E-state index contributed by atoms with van der Waals surface area (Å²) in [5.41, 5.74) is 4.24. The third kappa shape index (κ3) is 3.21. The summed E-state index contributed by atoms with van der Waals surface area (Å²) in [6, 6.07) is 11.3. The van der Waals surface area contributed by atoms with Gasteiger partial charge >= 0.3 is 0 Å². The Morgan fingerprint density at radius 2 is 2.08 bits per heavy atom. The first kappa shape index (κ1) is 16.8. The van der Waals surface area contributed by atoms with Crippen molar-refractivity contribution in [3.05, 3.63) is 76.1 Å². The number of nitrogens with zero attached hydrogens (tertiary/aromatic N) is 3. The number of carbonyl (C=O) groups is 1. The summed E-state index contributed by atoms with van der Waals surface area (Å²) in [6.07, 6.45) is 3.60. The molecule has 0 fully saturated rings. The number of aromatic nitrogens is 3. The van der Waals surface area contributed by atoms with Crippen molar-refractivity contribution in [2.75, 3.05) is 0 Å². The lowest BCUT2D eigenvalue weighted by Crippen LogP contribution is -2.24. The van der Waals surface area contributed by atoms with Crippen molar-refractivity contribution in [3.8, 4) is 11.3 Å². The van der Waals surface area contributed by atoms with Crippen LogP contribution in [0.4, 0.5) is 0 Å². The smallest absolute Gasteiger partial charge is 0.269 e. The van der Waals surface area contributed by atoms with E-state index in [2.05, 4.69) is 15.3 Å². The van der Waals surface area contributed by atoms with Crippen LogP contribution in [0, 0.1) is 6.92 Å². The number of imidazole rings is 1. The number of halogens is 1. The predicted molar refractivity (Wildman–Crippen MR) is 104 cm³/mol. The standard InChI is InChI=1S/C19H15ClN4OS/c1-12-3-2-8-21-15(12)9-22-18(25)17-11-26-19-23-16(10-24(17)19)13-4-6-14(20)7-5-13/h2-8,10-11H,9H2,1H3,(H,22,25). The van der Waals surface area contributed by atoms with Crippen LogP contribution in [0.3, 0.4) is 0 Å². The molecule has 0 saturated carbocycles. The molecule has 0 radical (unpaired) electrons.